The van der Waals surface area contributed by atoms with E-state index in [0.717, 1.165) is 12.1 Å². The predicted octanol–water partition coefficient (Wildman–Crippen LogP) is 3.57. The molecule has 2 nitrogen and oxygen atoms in total. The summed E-state index contributed by atoms with van der Waals surface area (Å²) in [5, 5.41) is 3.57. The van der Waals surface area contributed by atoms with Crippen LogP contribution in [0.25, 0.3) is 0 Å². The highest BCUT2D eigenvalue weighted by Gasteiger charge is 2.06. The van der Waals surface area contributed by atoms with Crippen LogP contribution in [0.15, 0.2) is 18.2 Å². The average Bonchev–Trinajstić information content (AvgIpc) is 2.21. The quantitative estimate of drug-likeness (QED) is 0.723. The van der Waals surface area contributed by atoms with Crippen LogP contribution in [0.4, 0.5) is 11.4 Å². The molecule has 0 amide bonds. The van der Waals surface area contributed by atoms with Gasteiger partial charge in [-0.15, -0.1) is 0 Å². The van der Waals surface area contributed by atoms with Gasteiger partial charge in [-0.05, 0) is 43.5 Å². The van der Waals surface area contributed by atoms with E-state index in [4.69, 9.17) is 5.73 Å². The third kappa shape index (κ3) is 3.46. The standard InChI is InChI=1S/C13H22N2/c1-4-6-12(5-2)15-13-8-7-11(14)9-10(13)3/h7-9,12,15H,4-6,14H2,1-3H3. The molecule has 0 fully saturated rings. The van der Waals surface area contributed by atoms with Gasteiger partial charge in [0, 0.05) is 17.4 Å². The molecular weight excluding hydrogens is 184 g/mol. The Bertz CT molecular complexity index is 307. The van der Waals surface area contributed by atoms with E-state index in [1.54, 1.807) is 0 Å². The fraction of sp³-hybridized carbons (Fsp3) is 0.538. The maximum Gasteiger partial charge on any atom is 0.0373 e. The number of anilines is 2. The molecule has 1 atom stereocenters. The molecule has 1 rings (SSSR count). The molecule has 0 spiro atoms. The van der Waals surface area contributed by atoms with Gasteiger partial charge in [-0.25, -0.2) is 0 Å². The van der Waals surface area contributed by atoms with Crippen molar-refractivity contribution in [2.45, 2.75) is 46.1 Å². The van der Waals surface area contributed by atoms with Crippen LogP contribution in [0.3, 0.4) is 0 Å². The smallest absolute Gasteiger partial charge is 0.0373 e. The molecule has 84 valence electrons. The molecule has 1 unspecified atom stereocenters. The summed E-state index contributed by atoms with van der Waals surface area (Å²) in [5.41, 5.74) is 9.00. The fourth-order valence-electron chi connectivity index (χ4n) is 1.80. The van der Waals surface area contributed by atoms with E-state index in [9.17, 15) is 0 Å². The van der Waals surface area contributed by atoms with Gasteiger partial charge < -0.3 is 11.1 Å². The van der Waals surface area contributed by atoms with Crippen LogP contribution >= 0.6 is 0 Å². The lowest BCUT2D eigenvalue weighted by atomic mass is 10.1. The summed E-state index contributed by atoms with van der Waals surface area (Å²) in [6.45, 7) is 6.54. The first-order valence-corrected chi connectivity index (χ1v) is 5.80. The van der Waals surface area contributed by atoms with E-state index in [1.165, 1.54) is 24.1 Å². The molecule has 0 bridgehead atoms. The number of nitrogen functional groups attached to an aromatic ring is 1. The summed E-state index contributed by atoms with van der Waals surface area (Å²) in [7, 11) is 0. The molecule has 0 radical (unpaired) electrons. The highest BCUT2D eigenvalue weighted by Crippen LogP contribution is 2.20. The summed E-state index contributed by atoms with van der Waals surface area (Å²) >= 11 is 0. The lowest BCUT2D eigenvalue weighted by Gasteiger charge is -2.19. The van der Waals surface area contributed by atoms with Gasteiger partial charge in [0.15, 0.2) is 0 Å². The summed E-state index contributed by atoms with van der Waals surface area (Å²) in [5.74, 6) is 0. The SMILES string of the molecule is CCCC(CC)Nc1ccc(N)cc1C. The molecule has 0 aliphatic carbocycles. The van der Waals surface area contributed by atoms with E-state index in [1.807, 2.05) is 12.1 Å². The lowest BCUT2D eigenvalue weighted by Crippen LogP contribution is -2.18. The Kier molecular flexibility index (Phi) is 4.47. The predicted molar refractivity (Wildman–Crippen MR) is 68.2 cm³/mol. The number of nitrogens with two attached hydrogens (primary N) is 1. The highest BCUT2D eigenvalue weighted by atomic mass is 14.9. The number of nitrogens with one attached hydrogen (secondary N) is 1. The van der Waals surface area contributed by atoms with Crippen molar-refractivity contribution < 1.29 is 0 Å². The summed E-state index contributed by atoms with van der Waals surface area (Å²) in [4.78, 5) is 0. The van der Waals surface area contributed by atoms with Gasteiger partial charge in [0.1, 0.15) is 0 Å². The van der Waals surface area contributed by atoms with Crippen molar-refractivity contribution in [2.75, 3.05) is 11.1 Å². The van der Waals surface area contributed by atoms with Crippen LogP contribution in [0.1, 0.15) is 38.7 Å². The minimum absolute atomic E-state index is 0.581. The molecule has 3 N–H and O–H groups in total. The maximum absolute atomic E-state index is 5.72. The van der Waals surface area contributed by atoms with Crippen LogP contribution in [0, 0.1) is 6.92 Å². The highest BCUT2D eigenvalue weighted by molar-refractivity contribution is 5.57. The van der Waals surface area contributed by atoms with E-state index >= 15 is 0 Å². The normalized spacial score (nSPS) is 12.5. The Morgan fingerprint density at radius 2 is 2.07 bits per heavy atom. The summed E-state index contributed by atoms with van der Waals surface area (Å²) in [6, 6.07) is 6.62. The first-order chi connectivity index (χ1) is 7.17. The second kappa shape index (κ2) is 5.64. The number of rotatable bonds is 5. The molecule has 0 aliphatic heterocycles. The van der Waals surface area contributed by atoms with Crippen molar-refractivity contribution in [3.8, 4) is 0 Å². The van der Waals surface area contributed by atoms with Gasteiger partial charge >= 0.3 is 0 Å². The first kappa shape index (κ1) is 11.9. The Morgan fingerprint density at radius 3 is 2.60 bits per heavy atom. The molecular formula is C13H22N2. The third-order valence-electron chi connectivity index (χ3n) is 2.74. The third-order valence-corrected chi connectivity index (χ3v) is 2.74. The average molecular weight is 206 g/mol. The molecule has 0 aromatic heterocycles. The molecule has 0 aliphatic rings. The number of aryl methyl sites for hydroxylation is 1. The molecule has 0 heterocycles. The van der Waals surface area contributed by atoms with Crippen LogP contribution in [-0.4, -0.2) is 6.04 Å². The van der Waals surface area contributed by atoms with Crippen molar-refractivity contribution in [3.05, 3.63) is 23.8 Å². The van der Waals surface area contributed by atoms with E-state index in [-0.39, 0.29) is 0 Å². The zero-order valence-electron chi connectivity index (χ0n) is 10.0. The fourth-order valence-corrected chi connectivity index (χ4v) is 1.80. The molecule has 1 aromatic carbocycles. The zero-order chi connectivity index (χ0) is 11.3. The Hall–Kier alpha value is -1.18. The molecule has 2 heteroatoms. The molecule has 1 aromatic rings. The lowest BCUT2D eigenvalue weighted by molar-refractivity contribution is 0.622. The monoisotopic (exact) mass is 206 g/mol. The van der Waals surface area contributed by atoms with Gasteiger partial charge in [-0.2, -0.15) is 0 Å². The largest absolute Gasteiger partial charge is 0.399 e. The minimum Gasteiger partial charge on any atom is -0.399 e. The van der Waals surface area contributed by atoms with Gasteiger partial charge in [0.25, 0.3) is 0 Å². The molecule has 15 heavy (non-hydrogen) atoms. The Morgan fingerprint density at radius 1 is 1.33 bits per heavy atom. The first-order valence-electron chi connectivity index (χ1n) is 5.80. The number of hydrogen-bond donors (Lipinski definition) is 2. The molecule has 0 saturated carbocycles. The molecule has 0 saturated heterocycles. The number of hydrogen-bond acceptors (Lipinski definition) is 2. The van der Waals surface area contributed by atoms with Crippen molar-refractivity contribution >= 4 is 11.4 Å². The van der Waals surface area contributed by atoms with Gasteiger partial charge in [-0.1, -0.05) is 20.3 Å². The van der Waals surface area contributed by atoms with Crippen LogP contribution in [0.5, 0.6) is 0 Å². The van der Waals surface area contributed by atoms with Crippen LogP contribution < -0.4 is 11.1 Å². The van der Waals surface area contributed by atoms with Gasteiger partial charge in [-0.3, -0.25) is 0 Å². The van der Waals surface area contributed by atoms with Gasteiger partial charge in [0.2, 0.25) is 0 Å². The van der Waals surface area contributed by atoms with Crippen LogP contribution in [0.2, 0.25) is 0 Å². The van der Waals surface area contributed by atoms with E-state index in [2.05, 4.69) is 32.2 Å². The second-order valence-electron chi connectivity index (χ2n) is 4.11. The van der Waals surface area contributed by atoms with Crippen molar-refractivity contribution in [3.63, 3.8) is 0 Å². The van der Waals surface area contributed by atoms with E-state index in [0.29, 0.717) is 6.04 Å². The Labute approximate surface area is 92.9 Å². The summed E-state index contributed by atoms with van der Waals surface area (Å²) in [6.07, 6.45) is 3.61. The van der Waals surface area contributed by atoms with Crippen molar-refractivity contribution in [1.29, 1.82) is 0 Å². The van der Waals surface area contributed by atoms with Crippen LogP contribution in [-0.2, 0) is 0 Å². The van der Waals surface area contributed by atoms with Crippen molar-refractivity contribution in [1.82, 2.24) is 0 Å². The van der Waals surface area contributed by atoms with E-state index < -0.39 is 0 Å². The second-order valence-corrected chi connectivity index (χ2v) is 4.11. The minimum atomic E-state index is 0.581. The van der Waals surface area contributed by atoms with Gasteiger partial charge in [0.05, 0.1) is 0 Å². The maximum atomic E-state index is 5.72. The topological polar surface area (TPSA) is 38.0 Å². The summed E-state index contributed by atoms with van der Waals surface area (Å²) < 4.78 is 0. The van der Waals surface area contributed by atoms with Crippen molar-refractivity contribution in [2.24, 2.45) is 0 Å². The Balaban J connectivity index is 2.70. The number of benzene rings is 1. The zero-order valence-corrected chi connectivity index (χ0v) is 10.0.